The van der Waals surface area contributed by atoms with E-state index in [1.165, 1.54) is 6.42 Å². The van der Waals surface area contributed by atoms with E-state index >= 15 is 0 Å². The van der Waals surface area contributed by atoms with Gasteiger partial charge in [0.2, 0.25) is 0 Å². The minimum atomic E-state index is -0.572. The molecule has 2 amide bonds. The van der Waals surface area contributed by atoms with Crippen LogP contribution in [0.5, 0.6) is 0 Å². The molecule has 0 aromatic rings. The maximum Gasteiger partial charge on any atom is 0.309 e. The highest BCUT2D eigenvalue weighted by Gasteiger charge is 2.24. The van der Waals surface area contributed by atoms with Crippen molar-refractivity contribution in [1.82, 2.24) is 10.6 Å². The summed E-state index contributed by atoms with van der Waals surface area (Å²) in [5, 5.41) is 5.26. The number of nitrogens with one attached hydrogen (secondary N) is 2. The third-order valence-corrected chi connectivity index (χ3v) is 3.04. The highest BCUT2D eigenvalue weighted by Crippen LogP contribution is 2.23. The van der Waals surface area contributed by atoms with Gasteiger partial charge in [0.15, 0.2) is 0 Å². The number of hydrogen-bond donors (Lipinski definition) is 2. The highest BCUT2D eigenvalue weighted by atomic mass is 16.2. The minimum Gasteiger partial charge on any atom is -0.345 e. The molecule has 1 aliphatic carbocycles. The average Bonchev–Trinajstić information content (AvgIpc) is 2.28. The zero-order chi connectivity index (χ0) is 12.0. The molecule has 4 heteroatoms. The largest absolute Gasteiger partial charge is 0.345 e. The molecule has 0 saturated heterocycles. The molecule has 1 rings (SSSR count). The van der Waals surface area contributed by atoms with E-state index in [0.29, 0.717) is 12.5 Å². The predicted octanol–water partition coefficient (Wildman–Crippen LogP) is 0.983. The van der Waals surface area contributed by atoms with Crippen molar-refractivity contribution in [2.24, 2.45) is 5.92 Å². The van der Waals surface area contributed by atoms with Crippen LogP contribution >= 0.6 is 0 Å². The van der Waals surface area contributed by atoms with Gasteiger partial charge in [-0.1, -0.05) is 25.8 Å². The van der Waals surface area contributed by atoms with E-state index in [0.717, 1.165) is 19.3 Å². The number of amides is 2. The SMILES string of the molecule is C=CCNC(=O)C(=O)N[C@H]1CCCC[C@@H]1C. The second-order valence-corrected chi connectivity index (χ2v) is 4.34. The van der Waals surface area contributed by atoms with Crippen molar-refractivity contribution in [2.45, 2.75) is 38.6 Å². The van der Waals surface area contributed by atoms with Crippen molar-refractivity contribution in [3.63, 3.8) is 0 Å². The molecule has 0 bridgehead atoms. The molecule has 0 spiro atoms. The standard InChI is InChI=1S/C12H20N2O2/c1-3-8-13-11(15)12(16)14-10-7-5-4-6-9(10)2/h3,9-10H,1,4-8H2,2H3,(H,13,15)(H,14,16)/t9-,10-/m0/s1. The average molecular weight is 224 g/mol. The Morgan fingerprint density at radius 2 is 2.00 bits per heavy atom. The third kappa shape index (κ3) is 3.68. The molecule has 0 aromatic heterocycles. The van der Waals surface area contributed by atoms with Crippen LogP contribution in [0, 0.1) is 5.92 Å². The molecule has 16 heavy (non-hydrogen) atoms. The van der Waals surface area contributed by atoms with Crippen LogP contribution in [0.1, 0.15) is 32.6 Å². The molecule has 2 N–H and O–H groups in total. The fraction of sp³-hybridized carbons (Fsp3) is 0.667. The summed E-state index contributed by atoms with van der Waals surface area (Å²) in [4.78, 5) is 22.8. The maximum absolute atomic E-state index is 11.5. The number of hydrogen-bond acceptors (Lipinski definition) is 2. The van der Waals surface area contributed by atoms with Crippen LogP contribution in [-0.4, -0.2) is 24.4 Å². The van der Waals surface area contributed by atoms with Crippen molar-refractivity contribution < 1.29 is 9.59 Å². The lowest BCUT2D eigenvalue weighted by molar-refractivity contribution is -0.139. The van der Waals surface area contributed by atoms with Crippen LogP contribution in [-0.2, 0) is 9.59 Å². The second-order valence-electron chi connectivity index (χ2n) is 4.34. The van der Waals surface area contributed by atoms with Gasteiger partial charge in [-0.3, -0.25) is 9.59 Å². The van der Waals surface area contributed by atoms with Gasteiger partial charge in [-0.05, 0) is 18.8 Å². The third-order valence-electron chi connectivity index (χ3n) is 3.04. The molecule has 0 aromatic carbocycles. The smallest absolute Gasteiger partial charge is 0.309 e. The van der Waals surface area contributed by atoms with Crippen molar-refractivity contribution in [2.75, 3.05) is 6.54 Å². The molecular weight excluding hydrogens is 204 g/mol. The molecule has 0 aliphatic heterocycles. The predicted molar refractivity (Wildman–Crippen MR) is 62.8 cm³/mol. The van der Waals surface area contributed by atoms with Gasteiger partial charge in [0.05, 0.1) is 0 Å². The van der Waals surface area contributed by atoms with Gasteiger partial charge >= 0.3 is 11.8 Å². The molecule has 0 unspecified atom stereocenters. The zero-order valence-corrected chi connectivity index (χ0v) is 9.79. The Bertz CT molecular complexity index is 276. The second kappa shape index (κ2) is 6.30. The normalized spacial score (nSPS) is 24.6. The van der Waals surface area contributed by atoms with Crippen molar-refractivity contribution in [1.29, 1.82) is 0 Å². The lowest BCUT2D eigenvalue weighted by atomic mass is 9.86. The molecule has 1 saturated carbocycles. The van der Waals surface area contributed by atoms with E-state index < -0.39 is 11.8 Å². The van der Waals surface area contributed by atoms with Crippen LogP contribution in [0.4, 0.5) is 0 Å². The van der Waals surface area contributed by atoms with Gasteiger partial charge in [0.1, 0.15) is 0 Å². The fourth-order valence-electron chi connectivity index (χ4n) is 2.01. The Kier molecular flexibility index (Phi) is 5.02. The number of carbonyl (C=O) groups excluding carboxylic acids is 2. The van der Waals surface area contributed by atoms with Gasteiger partial charge in [0.25, 0.3) is 0 Å². The first-order valence-corrected chi connectivity index (χ1v) is 5.84. The Balaban J connectivity index is 2.37. The summed E-state index contributed by atoms with van der Waals surface area (Å²) in [7, 11) is 0. The lowest BCUT2D eigenvalue weighted by Crippen LogP contribution is -2.47. The number of rotatable bonds is 3. The summed E-state index contributed by atoms with van der Waals surface area (Å²) in [6, 6.07) is 0.149. The summed E-state index contributed by atoms with van der Waals surface area (Å²) in [6.45, 7) is 5.92. The minimum absolute atomic E-state index is 0.149. The molecule has 90 valence electrons. The molecule has 2 atom stereocenters. The Hall–Kier alpha value is -1.32. The van der Waals surface area contributed by atoms with E-state index in [-0.39, 0.29) is 6.04 Å². The molecular formula is C12H20N2O2. The van der Waals surface area contributed by atoms with Crippen LogP contribution in [0.25, 0.3) is 0 Å². The van der Waals surface area contributed by atoms with Crippen LogP contribution in [0.2, 0.25) is 0 Å². The lowest BCUT2D eigenvalue weighted by Gasteiger charge is -2.29. The van der Waals surface area contributed by atoms with Gasteiger partial charge in [-0.15, -0.1) is 6.58 Å². The van der Waals surface area contributed by atoms with E-state index in [1.807, 2.05) is 0 Å². The van der Waals surface area contributed by atoms with Gasteiger partial charge < -0.3 is 10.6 Å². The summed E-state index contributed by atoms with van der Waals surface area (Å²) in [5.74, 6) is -0.636. The Labute approximate surface area is 96.5 Å². The van der Waals surface area contributed by atoms with Crippen LogP contribution in [0.15, 0.2) is 12.7 Å². The van der Waals surface area contributed by atoms with Gasteiger partial charge in [-0.2, -0.15) is 0 Å². The molecule has 0 radical (unpaired) electrons. The topological polar surface area (TPSA) is 58.2 Å². The molecule has 4 nitrogen and oxygen atoms in total. The first-order valence-electron chi connectivity index (χ1n) is 5.84. The van der Waals surface area contributed by atoms with E-state index in [9.17, 15) is 9.59 Å². The number of carbonyl (C=O) groups is 2. The summed E-state index contributed by atoms with van der Waals surface area (Å²) < 4.78 is 0. The quantitative estimate of drug-likeness (QED) is 0.554. The highest BCUT2D eigenvalue weighted by molar-refractivity contribution is 6.35. The molecule has 1 aliphatic rings. The van der Waals surface area contributed by atoms with Gasteiger partial charge in [0, 0.05) is 12.6 Å². The maximum atomic E-state index is 11.5. The zero-order valence-electron chi connectivity index (χ0n) is 9.79. The van der Waals surface area contributed by atoms with Crippen molar-refractivity contribution in [3.05, 3.63) is 12.7 Å². The molecule has 1 fully saturated rings. The van der Waals surface area contributed by atoms with Crippen LogP contribution in [0.3, 0.4) is 0 Å². The van der Waals surface area contributed by atoms with E-state index in [4.69, 9.17) is 0 Å². The summed E-state index contributed by atoms with van der Waals surface area (Å²) in [6.07, 6.45) is 6.00. The summed E-state index contributed by atoms with van der Waals surface area (Å²) >= 11 is 0. The molecule has 0 heterocycles. The van der Waals surface area contributed by atoms with E-state index in [1.54, 1.807) is 6.08 Å². The first-order chi connectivity index (χ1) is 7.65. The van der Waals surface area contributed by atoms with E-state index in [2.05, 4.69) is 24.1 Å². The first kappa shape index (κ1) is 12.7. The fourth-order valence-corrected chi connectivity index (χ4v) is 2.01. The van der Waals surface area contributed by atoms with Crippen molar-refractivity contribution >= 4 is 11.8 Å². The Morgan fingerprint density at radius 3 is 2.62 bits per heavy atom. The van der Waals surface area contributed by atoms with Crippen molar-refractivity contribution in [3.8, 4) is 0 Å². The summed E-state index contributed by atoms with van der Waals surface area (Å²) in [5.41, 5.74) is 0. The monoisotopic (exact) mass is 224 g/mol. The van der Waals surface area contributed by atoms with Gasteiger partial charge in [-0.25, -0.2) is 0 Å². The van der Waals surface area contributed by atoms with Crippen LogP contribution < -0.4 is 10.6 Å². The Morgan fingerprint density at radius 1 is 1.31 bits per heavy atom.